The monoisotopic (exact) mass is 250 g/mol. The molecule has 0 aromatic heterocycles. The SMILES string of the molecule is CC1(F)CC2CS(=O)(=O)CC(C1)C2C(=O)O. The Morgan fingerprint density at radius 2 is 1.75 bits per heavy atom. The van der Waals surface area contributed by atoms with Gasteiger partial charge in [-0.2, -0.15) is 0 Å². The fraction of sp³-hybridized carbons (Fsp3) is 0.900. The molecular weight excluding hydrogens is 235 g/mol. The molecule has 2 unspecified atom stereocenters. The summed E-state index contributed by atoms with van der Waals surface area (Å²) < 4.78 is 36.9. The van der Waals surface area contributed by atoms with Crippen molar-refractivity contribution in [1.29, 1.82) is 0 Å². The van der Waals surface area contributed by atoms with Crippen LogP contribution in [0.25, 0.3) is 0 Å². The van der Waals surface area contributed by atoms with E-state index in [9.17, 15) is 17.6 Å². The first-order valence-corrected chi connectivity index (χ1v) is 7.14. The zero-order chi connectivity index (χ0) is 12.1. The van der Waals surface area contributed by atoms with Crippen LogP contribution in [0, 0.1) is 17.8 Å². The summed E-state index contributed by atoms with van der Waals surface area (Å²) in [6, 6.07) is 0. The molecule has 1 heterocycles. The van der Waals surface area contributed by atoms with Crippen LogP contribution in [-0.4, -0.2) is 36.7 Å². The first-order valence-electron chi connectivity index (χ1n) is 5.32. The largest absolute Gasteiger partial charge is 0.481 e. The highest BCUT2D eigenvalue weighted by Gasteiger charge is 2.52. The van der Waals surface area contributed by atoms with Crippen LogP contribution in [0.15, 0.2) is 0 Å². The Hall–Kier alpha value is -0.650. The van der Waals surface area contributed by atoms with Crippen LogP contribution < -0.4 is 0 Å². The molecule has 2 atom stereocenters. The fourth-order valence-electron chi connectivity index (χ4n) is 3.26. The zero-order valence-corrected chi connectivity index (χ0v) is 9.84. The molecule has 0 spiro atoms. The van der Waals surface area contributed by atoms with Gasteiger partial charge in [-0.05, 0) is 31.6 Å². The second-order valence-electron chi connectivity index (χ2n) is 5.28. The van der Waals surface area contributed by atoms with Gasteiger partial charge in [-0.3, -0.25) is 4.79 Å². The van der Waals surface area contributed by atoms with Crippen molar-refractivity contribution in [2.75, 3.05) is 11.5 Å². The van der Waals surface area contributed by atoms with E-state index in [1.165, 1.54) is 6.92 Å². The highest BCUT2D eigenvalue weighted by atomic mass is 32.2. The second kappa shape index (κ2) is 3.42. The first kappa shape index (κ1) is 11.8. The van der Waals surface area contributed by atoms with E-state index in [0.717, 1.165) is 0 Å². The molecule has 1 saturated carbocycles. The minimum absolute atomic E-state index is 0.0414. The Morgan fingerprint density at radius 3 is 2.12 bits per heavy atom. The van der Waals surface area contributed by atoms with Gasteiger partial charge in [0.1, 0.15) is 5.67 Å². The van der Waals surface area contributed by atoms with Crippen molar-refractivity contribution in [1.82, 2.24) is 0 Å². The molecule has 0 aromatic rings. The molecule has 6 heteroatoms. The van der Waals surface area contributed by atoms with Crippen molar-refractivity contribution in [3.8, 4) is 0 Å². The lowest BCUT2D eigenvalue weighted by Gasteiger charge is -2.44. The molecule has 4 nitrogen and oxygen atoms in total. The molecule has 2 aliphatic rings. The van der Waals surface area contributed by atoms with E-state index >= 15 is 0 Å². The minimum Gasteiger partial charge on any atom is -0.481 e. The number of carboxylic acid groups (broad SMARTS) is 1. The summed E-state index contributed by atoms with van der Waals surface area (Å²) in [7, 11) is -3.19. The highest BCUT2D eigenvalue weighted by molar-refractivity contribution is 7.91. The van der Waals surface area contributed by atoms with E-state index in [1.807, 2.05) is 0 Å². The van der Waals surface area contributed by atoms with Crippen LogP contribution in [0.1, 0.15) is 19.8 Å². The quantitative estimate of drug-likeness (QED) is 0.749. The van der Waals surface area contributed by atoms with Gasteiger partial charge in [-0.25, -0.2) is 12.8 Å². The first-order chi connectivity index (χ1) is 7.20. The van der Waals surface area contributed by atoms with Crippen molar-refractivity contribution in [3.05, 3.63) is 0 Å². The lowest BCUT2D eigenvalue weighted by molar-refractivity contribution is -0.149. The number of hydrogen-bond acceptors (Lipinski definition) is 3. The standard InChI is InChI=1S/C10H15FO4S/c1-10(11)2-6-4-16(14,15)5-7(3-10)8(6)9(12)13/h6-8H,2-5H2,1H3,(H,12,13). The van der Waals surface area contributed by atoms with Gasteiger partial charge >= 0.3 is 5.97 Å². The van der Waals surface area contributed by atoms with Crippen molar-refractivity contribution >= 4 is 15.8 Å². The molecular formula is C10H15FO4S. The normalized spacial score (nSPS) is 46.2. The lowest BCUT2D eigenvalue weighted by Crippen LogP contribution is -2.52. The molecule has 2 fully saturated rings. The number of alkyl halides is 1. The number of halogens is 1. The Labute approximate surface area is 93.8 Å². The Balaban J connectivity index is 2.33. The van der Waals surface area contributed by atoms with Crippen molar-refractivity contribution in [3.63, 3.8) is 0 Å². The van der Waals surface area contributed by atoms with Crippen molar-refractivity contribution < 1.29 is 22.7 Å². The molecule has 0 aromatic carbocycles. The van der Waals surface area contributed by atoms with Gasteiger partial charge in [0.05, 0.1) is 17.4 Å². The van der Waals surface area contributed by atoms with Gasteiger partial charge in [0.25, 0.3) is 0 Å². The number of carbonyl (C=O) groups is 1. The number of carboxylic acids is 1. The van der Waals surface area contributed by atoms with E-state index in [-0.39, 0.29) is 24.3 Å². The molecule has 2 rings (SSSR count). The molecule has 1 aliphatic carbocycles. The molecule has 1 aliphatic heterocycles. The summed E-state index contributed by atoms with van der Waals surface area (Å²) in [5, 5.41) is 9.07. The van der Waals surface area contributed by atoms with Crippen LogP contribution in [0.3, 0.4) is 0 Å². The predicted octanol–water partition coefficient (Wildman–Crippen LogP) is 0.870. The third-order valence-corrected chi connectivity index (χ3v) is 5.48. The van der Waals surface area contributed by atoms with Crippen LogP contribution in [0.2, 0.25) is 0 Å². The maximum absolute atomic E-state index is 13.9. The molecule has 16 heavy (non-hydrogen) atoms. The molecule has 1 N–H and O–H groups in total. The van der Waals surface area contributed by atoms with Gasteiger partial charge in [-0.1, -0.05) is 0 Å². The summed E-state index contributed by atoms with van der Waals surface area (Å²) in [6.07, 6.45) is 0.0827. The number of rotatable bonds is 1. The third kappa shape index (κ3) is 2.07. The number of sulfone groups is 1. The maximum Gasteiger partial charge on any atom is 0.307 e. The Morgan fingerprint density at radius 1 is 1.31 bits per heavy atom. The van der Waals surface area contributed by atoms with Gasteiger partial charge in [-0.15, -0.1) is 0 Å². The maximum atomic E-state index is 13.9. The van der Waals surface area contributed by atoms with Crippen molar-refractivity contribution in [2.24, 2.45) is 17.8 Å². The summed E-state index contributed by atoms with van der Waals surface area (Å²) >= 11 is 0. The van der Waals surface area contributed by atoms with Crippen LogP contribution in [0.4, 0.5) is 4.39 Å². The molecule has 1 saturated heterocycles. The Kier molecular flexibility index (Phi) is 2.53. The minimum atomic E-state index is -3.19. The number of aliphatic carboxylic acids is 1. The van der Waals surface area contributed by atoms with Crippen LogP contribution in [0.5, 0.6) is 0 Å². The van der Waals surface area contributed by atoms with Gasteiger partial charge in [0.15, 0.2) is 9.84 Å². The van der Waals surface area contributed by atoms with Gasteiger partial charge < -0.3 is 5.11 Å². The Bertz CT molecular complexity index is 391. The molecule has 92 valence electrons. The fourth-order valence-corrected chi connectivity index (χ4v) is 5.36. The third-order valence-electron chi connectivity index (χ3n) is 3.61. The lowest BCUT2D eigenvalue weighted by atomic mass is 9.68. The number of fused-ring (bicyclic) bond motifs is 2. The molecule has 2 bridgehead atoms. The molecule has 0 amide bonds. The number of hydrogen-bond donors (Lipinski definition) is 1. The summed E-state index contributed by atoms with van der Waals surface area (Å²) in [4.78, 5) is 11.1. The van der Waals surface area contributed by atoms with E-state index < -0.39 is 39.2 Å². The highest BCUT2D eigenvalue weighted by Crippen LogP contribution is 2.46. The zero-order valence-electron chi connectivity index (χ0n) is 9.02. The molecule has 0 radical (unpaired) electrons. The van der Waals surface area contributed by atoms with E-state index in [0.29, 0.717) is 0 Å². The van der Waals surface area contributed by atoms with E-state index in [4.69, 9.17) is 5.11 Å². The average molecular weight is 250 g/mol. The van der Waals surface area contributed by atoms with E-state index in [2.05, 4.69) is 0 Å². The van der Waals surface area contributed by atoms with Crippen LogP contribution in [-0.2, 0) is 14.6 Å². The smallest absolute Gasteiger partial charge is 0.307 e. The van der Waals surface area contributed by atoms with Gasteiger partial charge in [0, 0.05) is 0 Å². The van der Waals surface area contributed by atoms with Gasteiger partial charge in [0.2, 0.25) is 0 Å². The van der Waals surface area contributed by atoms with E-state index in [1.54, 1.807) is 0 Å². The average Bonchev–Trinajstić information content (AvgIpc) is 1.94. The second-order valence-corrected chi connectivity index (χ2v) is 7.44. The summed E-state index contributed by atoms with van der Waals surface area (Å²) in [6.45, 7) is 1.43. The summed E-state index contributed by atoms with van der Waals surface area (Å²) in [5.74, 6) is -3.16. The van der Waals surface area contributed by atoms with Crippen molar-refractivity contribution in [2.45, 2.75) is 25.4 Å². The summed E-state index contributed by atoms with van der Waals surface area (Å²) in [5.41, 5.74) is -1.42. The van der Waals surface area contributed by atoms with Crippen LogP contribution >= 0.6 is 0 Å². The predicted molar refractivity (Wildman–Crippen MR) is 55.5 cm³/mol. The topological polar surface area (TPSA) is 71.4 Å².